The lowest BCUT2D eigenvalue weighted by atomic mass is 10.2. The van der Waals surface area contributed by atoms with Crippen molar-refractivity contribution in [2.45, 2.75) is 19.5 Å². The molecule has 0 bridgehead atoms. The predicted molar refractivity (Wildman–Crippen MR) is 65.8 cm³/mol. The van der Waals surface area contributed by atoms with E-state index in [1.54, 1.807) is 0 Å². The molecule has 2 rings (SSSR count). The second kappa shape index (κ2) is 5.34. The summed E-state index contributed by atoms with van der Waals surface area (Å²) in [6.45, 7) is 1.86. The Balaban J connectivity index is 2.28. The van der Waals surface area contributed by atoms with Crippen molar-refractivity contribution in [2.75, 3.05) is 0 Å². The van der Waals surface area contributed by atoms with Crippen LogP contribution in [-0.4, -0.2) is 9.36 Å². The van der Waals surface area contributed by atoms with Gasteiger partial charge in [0.05, 0.1) is 10.6 Å². The molecule has 1 aromatic heterocycles. The van der Waals surface area contributed by atoms with Gasteiger partial charge in [-0.1, -0.05) is 18.5 Å². The summed E-state index contributed by atoms with van der Waals surface area (Å²) < 4.78 is 46.9. The highest BCUT2D eigenvalue weighted by Crippen LogP contribution is 2.37. The molecule has 8 heteroatoms. The maximum atomic E-state index is 12.6. The largest absolute Gasteiger partial charge is 0.428 e. The molecule has 1 aromatic carbocycles. The Labute approximate surface area is 116 Å². The second-order valence-corrected chi connectivity index (χ2v) is 4.70. The molecule has 2 aromatic rings. The minimum atomic E-state index is -4.45. The lowest BCUT2D eigenvalue weighted by molar-refractivity contribution is -0.137. The molecule has 102 valence electrons. The Hall–Kier alpha value is -1.34. The summed E-state index contributed by atoms with van der Waals surface area (Å²) in [5.41, 5.74) is -0.827. The molecule has 0 atom stereocenters. The molecule has 3 nitrogen and oxygen atoms in total. The number of aromatic nitrogens is 2. The van der Waals surface area contributed by atoms with Crippen LogP contribution in [-0.2, 0) is 12.6 Å². The van der Waals surface area contributed by atoms with E-state index in [2.05, 4.69) is 9.36 Å². The quantitative estimate of drug-likeness (QED) is 0.833. The van der Waals surface area contributed by atoms with Gasteiger partial charge in [-0.05, 0) is 18.2 Å². The molecule has 0 amide bonds. The average Bonchev–Trinajstić information content (AvgIpc) is 2.78. The van der Waals surface area contributed by atoms with E-state index in [9.17, 15) is 13.2 Å². The van der Waals surface area contributed by atoms with E-state index in [1.807, 2.05) is 6.92 Å². The topological polar surface area (TPSA) is 35.0 Å². The summed E-state index contributed by atoms with van der Waals surface area (Å²) in [6.07, 6.45) is -3.82. The first-order chi connectivity index (χ1) is 8.90. The molecule has 1 heterocycles. The van der Waals surface area contributed by atoms with Gasteiger partial charge in [0, 0.05) is 18.0 Å². The van der Waals surface area contributed by atoms with Gasteiger partial charge in [0.2, 0.25) is 0 Å². The normalized spacial score (nSPS) is 11.6. The lowest BCUT2D eigenvalue weighted by Crippen LogP contribution is -2.04. The number of halogens is 4. The van der Waals surface area contributed by atoms with E-state index in [0.717, 1.165) is 29.7 Å². The van der Waals surface area contributed by atoms with Crippen molar-refractivity contribution >= 4 is 23.1 Å². The SMILES string of the molecule is CCc1nsc(Oc2cc(C(F)(F)F)ccc2Cl)n1. The molecule has 0 N–H and O–H groups in total. The number of nitrogens with zero attached hydrogens (tertiary/aromatic N) is 2. The van der Waals surface area contributed by atoms with E-state index in [1.165, 1.54) is 0 Å². The summed E-state index contributed by atoms with van der Waals surface area (Å²) in [5.74, 6) is 0.485. The van der Waals surface area contributed by atoms with Gasteiger partial charge in [0.25, 0.3) is 5.19 Å². The third-order valence-electron chi connectivity index (χ3n) is 2.22. The van der Waals surface area contributed by atoms with Crippen molar-refractivity contribution in [3.05, 3.63) is 34.6 Å². The molecular weight excluding hydrogens is 301 g/mol. The number of benzene rings is 1. The Morgan fingerprint density at radius 3 is 2.68 bits per heavy atom. The van der Waals surface area contributed by atoms with Gasteiger partial charge in [-0.3, -0.25) is 0 Å². The van der Waals surface area contributed by atoms with Crippen molar-refractivity contribution < 1.29 is 17.9 Å². The first kappa shape index (κ1) is 14.1. The number of alkyl halides is 3. The van der Waals surface area contributed by atoms with E-state index < -0.39 is 11.7 Å². The molecule has 19 heavy (non-hydrogen) atoms. The zero-order valence-electron chi connectivity index (χ0n) is 9.66. The van der Waals surface area contributed by atoms with Gasteiger partial charge in [-0.15, -0.1) is 0 Å². The number of rotatable bonds is 3. The van der Waals surface area contributed by atoms with E-state index in [4.69, 9.17) is 16.3 Å². The van der Waals surface area contributed by atoms with Crippen LogP contribution in [0.25, 0.3) is 0 Å². The fourth-order valence-electron chi connectivity index (χ4n) is 1.27. The summed E-state index contributed by atoms with van der Waals surface area (Å²) in [5, 5.41) is 0.249. The maximum Gasteiger partial charge on any atom is 0.416 e. The third-order valence-corrected chi connectivity index (χ3v) is 3.17. The molecule has 0 aliphatic heterocycles. The van der Waals surface area contributed by atoms with E-state index in [-0.39, 0.29) is 16.0 Å². The second-order valence-electron chi connectivity index (χ2n) is 3.58. The van der Waals surface area contributed by atoms with Crippen molar-refractivity contribution in [1.82, 2.24) is 9.36 Å². The fraction of sp³-hybridized carbons (Fsp3) is 0.273. The van der Waals surface area contributed by atoms with Crippen LogP contribution < -0.4 is 4.74 Å². The summed E-state index contributed by atoms with van der Waals surface area (Å²) in [4.78, 5) is 4.00. The molecule has 0 saturated carbocycles. The molecule has 0 unspecified atom stereocenters. The molecule has 0 spiro atoms. The minimum absolute atomic E-state index is 0.0845. The van der Waals surface area contributed by atoms with Gasteiger partial charge in [-0.25, -0.2) is 0 Å². The molecule has 0 saturated heterocycles. The van der Waals surface area contributed by atoms with Crippen LogP contribution in [0.5, 0.6) is 10.9 Å². The smallest absolute Gasteiger partial charge is 0.416 e. The van der Waals surface area contributed by atoms with Crippen LogP contribution in [0.4, 0.5) is 13.2 Å². The van der Waals surface area contributed by atoms with Crippen molar-refractivity contribution in [3.8, 4) is 10.9 Å². The summed E-state index contributed by atoms with van der Waals surface area (Å²) in [6, 6.07) is 2.88. The van der Waals surface area contributed by atoms with Gasteiger partial charge < -0.3 is 4.74 Å². The van der Waals surface area contributed by atoms with Crippen molar-refractivity contribution in [3.63, 3.8) is 0 Å². The van der Waals surface area contributed by atoms with Crippen LogP contribution in [0.2, 0.25) is 5.02 Å². The highest BCUT2D eigenvalue weighted by molar-refractivity contribution is 7.07. The highest BCUT2D eigenvalue weighted by atomic mass is 35.5. The van der Waals surface area contributed by atoms with E-state index >= 15 is 0 Å². The van der Waals surface area contributed by atoms with Crippen LogP contribution in [0.3, 0.4) is 0 Å². The van der Waals surface area contributed by atoms with Gasteiger partial charge in [0.1, 0.15) is 11.6 Å². The van der Waals surface area contributed by atoms with Gasteiger partial charge in [-0.2, -0.15) is 22.5 Å². The first-order valence-corrected chi connectivity index (χ1v) is 6.42. The van der Waals surface area contributed by atoms with Gasteiger partial charge in [0.15, 0.2) is 0 Å². The standard InChI is InChI=1S/C11H8ClF3N2OS/c1-2-9-16-10(19-17-9)18-8-5-6(11(13,14)15)3-4-7(8)12/h3-5H,2H2,1H3. The average molecular weight is 309 g/mol. The number of ether oxygens (including phenoxy) is 1. The highest BCUT2D eigenvalue weighted by Gasteiger charge is 2.31. The van der Waals surface area contributed by atoms with Crippen molar-refractivity contribution in [1.29, 1.82) is 0 Å². The number of hydrogen-bond acceptors (Lipinski definition) is 4. The molecular formula is C11H8ClF3N2OS. The van der Waals surface area contributed by atoms with Crippen LogP contribution in [0.15, 0.2) is 18.2 Å². The van der Waals surface area contributed by atoms with Crippen LogP contribution in [0, 0.1) is 0 Å². The zero-order valence-corrected chi connectivity index (χ0v) is 11.2. The predicted octanol–water partition coefficient (Wildman–Crippen LogP) is 4.57. The molecule has 0 radical (unpaired) electrons. The van der Waals surface area contributed by atoms with E-state index in [0.29, 0.717) is 12.2 Å². The first-order valence-electron chi connectivity index (χ1n) is 5.27. The molecule has 0 fully saturated rings. The number of aryl methyl sites for hydroxylation is 1. The Morgan fingerprint density at radius 1 is 1.37 bits per heavy atom. The Bertz CT molecular complexity index is 586. The third kappa shape index (κ3) is 3.36. The monoisotopic (exact) mass is 308 g/mol. The van der Waals surface area contributed by atoms with Gasteiger partial charge >= 0.3 is 6.18 Å². The minimum Gasteiger partial charge on any atom is -0.428 e. The molecule has 0 aliphatic carbocycles. The number of hydrogen-bond donors (Lipinski definition) is 0. The molecule has 0 aliphatic rings. The summed E-state index contributed by atoms with van der Waals surface area (Å²) >= 11 is 6.77. The fourth-order valence-corrected chi connectivity index (χ4v) is 2.06. The lowest BCUT2D eigenvalue weighted by Gasteiger charge is -2.09. The maximum absolute atomic E-state index is 12.6. The zero-order chi connectivity index (χ0) is 14.0. The van der Waals surface area contributed by atoms with Crippen LogP contribution in [0.1, 0.15) is 18.3 Å². The Morgan fingerprint density at radius 2 is 2.11 bits per heavy atom. The van der Waals surface area contributed by atoms with Crippen molar-refractivity contribution in [2.24, 2.45) is 0 Å². The van der Waals surface area contributed by atoms with Crippen LogP contribution >= 0.6 is 23.1 Å². The Kier molecular flexibility index (Phi) is 3.96. The summed E-state index contributed by atoms with van der Waals surface area (Å²) in [7, 11) is 0.